The summed E-state index contributed by atoms with van der Waals surface area (Å²) in [7, 11) is 0. The van der Waals surface area contributed by atoms with E-state index in [0.717, 1.165) is 17.7 Å². The van der Waals surface area contributed by atoms with Crippen molar-refractivity contribution in [3.05, 3.63) is 34.7 Å². The van der Waals surface area contributed by atoms with Gasteiger partial charge in [0, 0.05) is 11.2 Å². The van der Waals surface area contributed by atoms with Crippen LogP contribution in [0.1, 0.15) is 28.1 Å². The number of hydrogen-bond donors (Lipinski definition) is 0. The summed E-state index contributed by atoms with van der Waals surface area (Å²) in [5.41, 5.74) is 1.22. The number of carbonyl (C=O) groups is 1. The third kappa shape index (κ3) is 2.01. The Balaban J connectivity index is 2.02. The molecule has 2 aromatic rings. The van der Waals surface area contributed by atoms with Gasteiger partial charge in [-0.1, -0.05) is 18.2 Å². The number of carbonyl (C=O) groups excluding carboxylic acids is 1. The van der Waals surface area contributed by atoms with Crippen LogP contribution in [0.5, 0.6) is 0 Å². The minimum absolute atomic E-state index is 0.901. The van der Waals surface area contributed by atoms with Gasteiger partial charge in [-0.15, -0.1) is 11.3 Å². The first kappa shape index (κ1) is 10.9. The SMILES string of the molecule is O=Cc1sc2ccccc2c1CN1CCCC1. The Morgan fingerprint density at radius 1 is 1.24 bits per heavy atom. The van der Waals surface area contributed by atoms with E-state index >= 15 is 0 Å². The highest BCUT2D eigenvalue weighted by Crippen LogP contribution is 2.31. The molecule has 1 fully saturated rings. The molecule has 2 nitrogen and oxygen atoms in total. The molecular formula is C14H15NOS. The zero-order chi connectivity index (χ0) is 11.7. The number of benzene rings is 1. The van der Waals surface area contributed by atoms with Gasteiger partial charge in [0.25, 0.3) is 0 Å². The molecule has 3 rings (SSSR count). The molecule has 0 N–H and O–H groups in total. The Labute approximate surface area is 105 Å². The zero-order valence-electron chi connectivity index (χ0n) is 9.69. The number of hydrogen-bond acceptors (Lipinski definition) is 3. The maximum absolute atomic E-state index is 11.2. The van der Waals surface area contributed by atoms with Crippen molar-refractivity contribution in [3.63, 3.8) is 0 Å². The third-order valence-electron chi connectivity index (χ3n) is 3.42. The zero-order valence-corrected chi connectivity index (χ0v) is 10.5. The van der Waals surface area contributed by atoms with Crippen LogP contribution in [0.2, 0.25) is 0 Å². The van der Waals surface area contributed by atoms with Gasteiger partial charge in [0.15, 0.2) is 6.29 Å². The lowest BCUT2D eigenvalue weighted by Gasteiger charge is -2.14. The highest BCUT2D eigenvalue weighted by molar-refractivity contribution is 7.20. The molecule has 0 aliphatic carbocycles. The van der Waals surface area contributed by atoms with Crippen LogP contribution in [-0.2, 0) is 6.54 Å². The van der Waals surface area contributed by atoms with E-state index in [4.69, 9.17) is 0 Å². The van der Waals surface area contributed by atoms with Gasteiger partial charge < -0.3 is 0 Å². The van der Waals surface area contributed by atoms with Gasteiger partial charge in [-0.05, 0) is 42.9 Å². The van der Waals surface area contributed by atoms with E-state index in [0.29, 0.717) is 0 Å². The molecule has 1 aliphatic heterocycles. The van der Waals surface area contributed by atoms with E-state index in [2.05, 4.69) is 23.1 Å². The fraction of sp³-hybridized carbons (Fsp3) is 0.357. The minimum Gasteiger partial charge on any atom is -0.299 e. The van der Waals surface area contributed by atoms with Gasteiger partial charge in [-0.2, -0.15) is 0 Å². The molecule has 2 heterocycles. The van der Waals surface area contributed by atoms with Gasteiger partial charge >= 0.3 is 0 Å². The van der Waals surface area contributed by atoms with E-state index < -0.39 is 0 Å². The number of likely N-dealkylation sites (tertiary alicyclic amines) is 1. The molecular weight excluding hydrogens is 230 g/mol. The molecule has 0 unspecified atom stereocenters. The van der Waals surface area contributed by atoms with E-state index in [-0.39, 0.29) is 0 Å². The highest BCUT2D eigenvalue weighted by Gasteiger charge is 2.17. The monoisotopic (exact) mass is 245 g/mol. The Morgan fingerprint density at radius 3 is 2.76 bits per heavy atom. The molecule has 0 atom stereocenters. The molecule has 0 bridgehead atoms. The second-order valence-corrected chi connectivity index (χ2v) is 5.63. The molecule has 17 heavy (non-hydrogen) atoms. The Morgan fingerprint density at radius 2 is 2.00 bits per heavy atom. The van der Waals surface area contributed by atoms with Gasteiger partial charge in [0.05, 0.1) is 4.88 Å². The highest BCUT2D eigenvalue weighted by atomic mass is 32.1. The van der Waals surface area contributed by atoms with E-state index in [1.807, 2.05) is 6.07 Å². The molecule has 1 aromatic carbocycles. The van der Waals surface area contributed by atoms with Crippen molar-refractivity contribution in [1.29, 1.82) is 0 Å². The predicted molar refractivity (Wildman–Crippen MR) is 71.7 cm³/mol. The topological polar surface area (TPSA) is 20.3 Å². The third-order valence-corrected chi connectivity index (χ3v) is 4.56. The average molecular weight is 245 g/mol. The quantitative estimate of drug-likeness (QED) is 0.773. The van der Waals surface area contributed by atoms with Crippen LogP contribution in [-0.4, -0.2) is 24.3 Å². The molecule has 0 amide bonds. The van der Waals surface area contributed by atoms with Crippen LogP contribution in [0, 0.1) is 0 Å². The van der Waals surface area contributed by atoms with Crippen LogP contribution in [0.3, 0.4) is 0 Å². The first-order chi connectivity index (χ1) is 8.38. The summed E-state index contributed by atoms with van der Waals surface area (Å²) in [4.78, 5) is 14.5. The fourth-order valence-corrected chi connectivity index (χ4v) is 3.57. The molecule has 1 aliphatic rings. The van der Waals surface area contributed by atoms with Crippen molar-refractivity contribution >= 4 is 27.7 Å². The van der Waals surface area contributed by atoms with Gasteiger partial charge in [-0.25, -0.2) is 0 Å². The summed E-state index contributed by atoms with van der Waals surface area (Å²) >= 11 is 1.61. The van der Waals surface area contributed by atoms with Crippen LogP contribution >= 0.6 is 11.3 Å². The maximum atomic E-state index is 11.2. The summed E-state index contributed by atoms with van der Waals surface area (Å²) in [6.07, 6.45) is 3.59. The largest absolute Gasteiger partial charge is 0.299 e. The lowest BCUT2D eigenvalue weighted by atomic mass is 10.1. The lowest BCUT2D eigenvalue weighted by molar-refractivity contribution is 0.112. The standard InChI is InChI=1S/C14H15NOS/c16-10-14-12(9-15-7-3-4-8-15)11-5-1-2-6-13(11)17-14/h1-2,5-6,10H,3-4,7-9H2. The van der Waals surface area contributed by atoms with Crippen molar-refractivity contribution in [2.24, 2.45) is 0 Å². The second kappa shape index (κ2) is 4.59. The molecule has 3 heteroatoms. The summed E-state index contributed by atoms with van der Waals surface area (Å²) < 4.78 is 1.23. The first-order valence-corrected chi connectivity index (χ1v) is 6.88. The fourth-order valence-electron chi connectivity index (χ4n) is 2.54. The van der Waals surface area contributed by atoms with Crippen LogP contribution in [0.15, 0.2) is 24.3 Å². The summed E-state index contributed by atoms with van der Waals surface area (Å²) in [5.74, 6) is 0. The summed E-state index contributed by atoms with van der Waals surface area (Å²) in [5, 5.41) is 1.26. The molecule has 0 spiro atoms. The number of rotatable bonds is 3. The molecule has 0 saturated carbocycles. The Bertz CT molecular complexity index is 540. The second-order valence-electron chi connectivity index (χ2n) is 4.54. The van der Waals surface area contributed by atoms with Crippen LogP contribution in [0.4, 0.5) is 0 Å². The van der Waals surface area contributed by atoms with Crippen molar-refractivity contribution in [2.45, 2.75) is 19.4 Å². The van der Waals surface area contributed by atoms with Crippen molar-refractivity contribution < 1.29 is 4.79 Å². The number of fused-ring (bicyclic) bond motifs is 1. The lowest BCUT2D eigenvalue weighted by Crippen LogP contribution is -2.18. The number of thiophene rings is 1. The number of nitrogens with zero attached hydrogens (tertiary/aromatic N) is 1. The summed E-state index contributed by atoms with van der Waals surface area (Å²) in [6, 6.07) is 8.31. The van der Waals surface area contributed by atoms with Crippen molar-refractivity contribution in [1.82, 2.24) is 4.90 Å². The van der Waals surface area contributed by atoms with Gasteiger partial charge in [0.2, 0.25) is 0 Å². The minimum atomic E-state index is 0.901. The predicted octanol–water partition coefficient (Wildman–Crippen LogP) is 3.31. The van der Waals surface area contributed by atoms with Crippen molar-refractivity contribution in [3.8, 4) is 0 Å². The van der Waals surface area contributed by atoms with E-state index in [1.165, 1.54) is 41.6 Å². The first-order valence-electron chi connectivity index (χ1n) is 6.06. The van der Waals surface area contributed by atoms with Gasteiger partial charge in [-0.3, -0.25) is 9.69 Å². The molecule has 0 radical (unpaired) electrons. The number of aldehydes is 1. The summed E-state index contributed by atoms with van der Waals surface area (Å²) in [6.45, 7) is 3.27. The van der Waals surface area contributed by atoms with Crippen LogP contribution < -0.4 is 0 Å². The van der Waals surface area contributed by atoms with Crippen molar-refractivity contribution in [2.75, 3.05) is 13.1 Å². The van der Waals surface area contributed by atoms with Crippen LogP contribution in [0.25, 0.3) is 10.1 Å². The average Bonchev–Trinajstić information content (AvgIpc) is 2.98. The van der Waals surface area contributed by atoms with E-state index in [1.54, 1.807) is 11.3 Å². The Kier molecular flexibility index (Phi) is 2.95. The Hall–Kier alpha value is -1.19. The molecule has 1 aromatic heterocycles. The maximum Gasteiger partial charge on any atom is 0.160 e. The molecule has 88 valence electrons. The molecule has 1 saturated heterocycles. The van der Waals surface area contributed by atoms with Gasteiger partial charge in [0.1, 0.15) is 0 Å². The smallest absolute Gasteiger partial charge is 0.160 e. The normalized spacial score (nSPS) is 16.7. The van der Waals surface area contributed by atoms with E-state index in [9.17, 15) is 4.79 Å².